The predicted molar refractivity (Wildman–Crippen MR) is 96.3 cm³/mol. The zero-order chi connectivity index (χ0) is 17.8. The monoisotopic (exact) mass is 349 g/mol. The molecule has 3 rings (SSSR count). The molecule has 5 nitrogen and oxygen atoms in total. The molecule has 0 spiro atoms. The average molecular weight is 349 g/mol. The van der Waals surface area contributed by atoms with E-state index in [1.807, 2.05) is 19.1 Å². The Bertz CT molecular complexity index is 596. The number of nitrogens with one attached hydrogen (secondary N) is 1. The first-order valence-corrected chi connectivity index (χ1v) is 9.17. The second-order valence-corrected chi connectivity index (χ2v) is 7.13. The number of anilines is 1. The lowest BCUT2D eigenvalue weighted by Crippen LogP contribution is -2.44. The lowest BCUT2D eigenvalue weighted by atomic mass is 10.1. The largest absolute Gasteiger partial charge is 0.378 e. The summed E-state index contributed by atoms with van der Waals surface area (Å²) in [5.41, 5.74) is 1.44. The molecule has 2 saturated heterocycles. The van der Waals surface area contributed by atoms with Crippen LogP contribution in [0.2, 0.25) is 0 Å². The Kier molecular flexibility index (Phi) is 5.91. The lowest BCUT2D eigenvalue weighted by molar-refractivity contribution is -0.123. The zero-order valence-electron chi connectivity index (χ0n) is 15.1. The Morgan fingerprint density at radius 1 is 1.36 bits per heavy atom. The van der Waals surface area contributed by atoms with Crippen molar-refractivity contribution in [3.05, 3.63) is 29.6 Å². The Morgan fingerprint density at radius 3 is 2.76 bits per heavy atom. The van der Waals surface area contributed by atoms with Crippen molar-refractivity contribution in [3.8, 4) is 0 Å². The van der Waals surface area contributed by atoms with Crippen molar-refractivity contribution in [2.75, 3.05) is 44.7 Å². The first-order valence-electron chi connectivity index (χ1n) is 9.17. The SMILES string of the molecule is CC(NC(=O)CC1CCCO1)c1ccc(N2CCN(C)CC2)c(F)c1. The van der Waals surface area contributed by atoms with E-state index in [1.54, 1.807) is 6.07 Å². The summed E-state index contributed by atoms with van der Waals surface area (Å²) < 4.78 is 20.1. The number of piperazine rings is 1. The molecule has 2 aliphatic rings. The fourth-order valence-corrected chi connectivity index (χ4v) is 3.49. The van der Waals surface area contributed by atoms with Crippen LogP contribution < -0.4 is 10.2 Å². The minimum absolute atomic E-state index is 0.0311. The maximum Gasteiger partial charge on any atom is 0.223 e. The number of rotatable bonds is 5. The van der Waals surface area contributed by atoms with Crippen molar-refractivity contribution in [2.45, 2.75) is 38.3 Å². The van der Waals surface area contributed by atoms with Crippen LogP contribution in [0.4, 0.5) is 10.1 Å². The minimum Gasteiger partial charge on any atom is -0.378 e. The summed E-state index contributed by atoms with van der Waals surface area (Å²) in [4.78, 5) is 16.4. The summed E-state index contributed by atoms with van der Waals surface area (Å²) in [5, 5.41) is 2.95. The number of amides is 1. The van der Waals surface area contributed by atoms with Crippen LogP contribution in [0.3, 0.4) is 0 Å². The molecule has 6 heteroatoms. The number of halogens is 1. The lowest BCUT2D eigenvalue weighted by Gasteiger charge is -2.34. The van der Waals surface area contributed by atoms with Gasteiger partial charge in [-0.15, -0.1) is 0 Å². The number of carbonyl (C=O) groups is 1. The minimum atomic E-state index is -0.220. The molecule has 2 aliphatic heterocycles. The summed E-state index contributed by atoms with van der Waals surface area (Å²) in [6.45, 7) is 6.18. The molecular formula is C19H28FN3O2. The van der Waals surface area contributed by atoms with Gasteiger partial charge in [0.1, 0.15) is 5.82 Å². The van der Waals surface area contributed by atoms with Gasteiger partial charge in [-0.3, -0.25) is 4.79 Å². The Balaban J connectivity index is 1.58. The second-order valence-electron chi connectivity index (χ2n) is 7.13. The van der Waals surface area contributed by atoms with Crippen LogP contribution in [-0.4, -0.2) is 56.7 Å². The van der Waals surface area contributed by atoms with Crippen molar-refractivity contribution in [1.29, 1.82) is 0 Å². The second kappa shape index (κ2) is 8.15. The van der Waals surface area contributed by atoms with E-state index in [-0.39, 0.29) is 23.9 Å². The molecule has 138 valence electrons. The molecule has 0 radical (unpaired) electrons. The van der Waals surface area contributed by atoms with Gasteiger partial charge in [-0.2, -0.15) is 0 Å². The highest BCUT2D eigenvalue weighted by Gasteiger charge is 2.21. The van der Waals surface area contributed by atoms with E-state index in [4.69, 9.17) is 4.74 Å². The molecule has 0 aliphatic carbocycles. The fraction of sp³-hybridized carbons (Fsp3) is 0.632. The van der Waals surface area contributed by atoms with E-state index in [1.165, 1.54) is 0 Å². The van der Waals surface area contributed by atoms with Crippen molar-refractivity contribution in [2.24, 2.45) is 0 Å². The predicted octanol–water partition coefficient (Wildman–Crippen LogP) is 2.32. The van der Waals surface area contributed by atoms with Gasteiger partial charge in [-0.25, -0.2) is 4.39 Å². The topological polar surface area (TPSA) is 44.8 Å². The van der Waals surface area contributed by atoms with Crippen LogP contribution in [0.25, 0.3) is 0 Å². The van der Waals surface area contributed by atoms with Crippen LogP contribution in [0.5, 0.6) is 0 Å². The molecule has 2 unspecified atom stereocenters. The first kappa shape index (κ1) is 18.1. The van der Waals surface area contributed by atoms with Crippen molar-refractivity contribution >= 4 is 11.6 Å². The van der Waals surface area contributed by atoms with Gasteiger partial charge in [0.15, 0.2) is 0 Å². The van der Waals surface area contributed by atoms with Gasteiger partial charge >= 0.3 is 0 Å². The fourth-order valence-electron chi connectivity index (χ4n) is 3.49. The number of likely N-dealkylation sites (N-methyl/N-ethyl adjacent to an activating group) is 1. The number of hydrogen-bond acceptors (Lipinski definition) is 4. The zero-order valence-corrected chi connectivity index (χ0v) is 15.1. The molecule has 2 heterocycles. The van der Waals surface area contributed by atoms with Gasteiger partial charge in [0.2, 0.25) is 5.91 Å². The number of benzene rings is 1. The normalized spacial score (nSPS) is 22.8. The number of hydrogen-bond donors (Lipinski definition) is 1. The molecule has 0 bridgehead atoms. The number of nitrogens with zero attached hydrogens (tertiary/aromatic N) is 2. The molecule has 0 aromatic heterocycles. The summed E-state index contributed by atoms with van der Waals surface area (Å²) >= 11 is 0. The first-order chi connectivity index (χ1) is 12.0. The molecule has 1 N–H and O–H groups in total. The summed E-state index contributed by atoms with van der Waals surface area (Å²) in [7, 11) is 2.08. The van der Waals surface area contributed by atoms with Crippen LogP contribution >= 0.6 is 0 Å². The standard InChI is InChI=1S/C19H28FN3O2/c1-14(21-19(24)13-16-4-3-11-25-16)15-5-6-18(17(20)12-15)23-9-7-22(2)8-10-23/h5-6,12,14,16H,3-4,7-11,13H2,1-2H3,(H,21,24). The third-order valence-corrected chi connectivity index (χ3v) is 5.13. The van der Waals surface area contributed by atoms with Gasteiger partial charge in [-0.1, -0.05) is 6.07 Å². The van der Waals surface area contributed by atoms with Gasteiger partial charge in [0.25, 0.3) is 0 Å². The molecule has 1 amide bonds. The number of carbonyl (C=O) groups excluding carboxylic acids is 1. The highest BCUT2D eigenvalue weighted by Crippen LogP contribution is 2.25. The smallest absolute Gasteiger partial charge is 0.223 e. The summed E-state index contributed by atoms with van der Waals surface area (Å²) in [6.07, 6.45) is 2.37. The number of ether oxygens (including phenoxy) is 1. The van der Waals surface area contributed by atoms with E-state index in [2.05, 4.69) is 22.2 Å². The van der Waals surface area contributed by atoms with E-state index in [9.17, 15) is 9.18 Å². The summed E-state index contributed by atoms with van der Waals surface area (Å²) in [5.74, 6) is -0.259. The van der Waals surface area contributed by atoms with Gasteiger partial charge in [0.05, 0.1) is 24.3 Å². The van der Waals surface area contributed by atoms with E-state index in [0.29, 0.717) is 12.1 Å². The highest BCUT2D eigenvalue weighted by molar-refractivity contribution is 5.77. The Morgan fingerprint density at radius 2 is 2.12 bits per heavy atom. The third-order valence-electron chi connectivity index (χ3n) is 5.13. The quantitative estimate of drug-likeness (QED) is 0.886. The van der Waals surface area contributed by atoms with E-state index < -0.39 is 0 Å². The van der Waals surface area contributed by atoms with Gasteiger partial charge < -0.3 is 19.9 Å². The van der Waals surface area contributed by atoms with E-state index in [0.717, 1.165) is 51.2 Å². The van der Waals surface area contributed by atoms with Crippen LogP contribution in [0.1, 0.15) is 37.8 Å². The molecule has 1 aromatic carbocycles. The average Bonchev–Trinajstić information content (AvgIpc) is 3.08. The Hall–Kier alpha value is -1.66. The Labute approximate surface area is 149 Å². The molecule has 1 aromatic rings. The van der Waals surface area contributed by atoms with Crippen LogP contribution in [0, 0.1) is 5.82 Å². The molecule has 2 atom stereocenters. The molecular weight excluding hydrogens is 321 g/mol. The van der Waals surface area contributed by atoms with Gasteiger partial charge in [0, 0.05) is 32.8 Å². The maximum atomic E-state index is 14.6. The van der Waals surface area contributed by atoms with Crippen molar-refractivity contribution < 1.29 is 13.9 Å². The third kappa shape index (κ3) is 4.70. The van der Waals surface area contributed by atoms with Crippen molar-refractivity contribution in [3.63, 3.8) is 0 Å². The van der Waals surface area contributed by atoms with E-state index >= 15 is 0 Å². The molecule has 0 saturated carbocycles. The van der Waals surface area contributed by atoms with Crippen molar-refractivity contribution in [1.82, 2.24) is 10.2 Å². The molecule has 25 heavy (non-hydrogen) atoms. The molecule has 2 fully saturated rings. The highest BCUT2D eigenvalue weighted by atomic mass is 19.1. The van der Waals surface area contributed by atoms with Crippen LogP contribution in [-0.2, 0) is 9.53 Å². The summed E-state index contributed by atoms with van der Waals surface area (Å²) in [6, 6.07) is 5.07. The van der Waals surface area contributed by atoms with Crippen LogP contribution in [0.15, 0.2) is 18.2 Å². The maximum absolute atomic E-state index is 14.6. The van der Waals surface area contributed by atoms with Gasteiger partial charge in [-0.05, 0) is 44.5 Å².